The summed E-state index contributed by atoms with van der Waals surface area (Å²) in [7, 11) is 0. The van der Waals surface area contributed by atoms with E-state index in [4.69, 9.17) is 14.9 Å². The van der Waals surface area contributed by atoms with E-state index in [1.807, 2.05) is 37.3 Å². The van der Waals surface area contributed by atoms with E-state index in [2.05, 4.69) is 34.1 Å². The van der Waals surface area contributed by atoms with Crippen LogP contribution in [-0.2, 0) is 15.3 Å². The van der Waals surface area contributed by atoms with Crippen LogP contribution < -0.4 is 0 Å². The van der Waals surface area contributed by atoms with E-state index in [0.29, 0.717) is 17.5 Å². The first kappa shape index (κ1) is 20.1. The quantitative estimate of drug-likeness (QED) is 0.695. The summed E-state index contributed by atoms with van der Waals surface area (Å²) in [6.45, 7) is 1.85. The minimum absolute atomic E-state index is 0.378. The summed E-state index contributed by atoms with van der Waals surface area (Å²) in [5, 5.41) is 39.5. The Bertz CT molecular complexity index is 1120. The topological polar surface area (TPSA) is 114 Å². The molecule has 2 aliphatic heterocycles. The molecule has 4 rings (SSSR count). The van der Waals surface area contributed by atoms with Crippen molar-refractivity contribution in [2.45, 2.75) is 25.2 Å². The van der Waals surface area contributed by atoms with E-state index in [1.165, 1.54) is 0 Å². The SMILES string of the molecule is CCC1C2(c3ccccc3)OC(=N)C1(C#N)C(C#N)(C#N)C(c1ccc(Br)cc1)O2. The van der Waals surface area contributed by atoms with Crippen LogP contribution in [0.1, 0.15) is 30.6 Å². The van der Waals surface area contributed by atoms with Gasteiger partial charge in [-0.15, -0.1) is 0 Å². The highest BCUT2D eigenvalue weighted by molar-refractivity contribution is 9.10. The fraction of sp³-hybridized carbons (Fsp3) is 0.304. The van der Waals surface area contributed by atoms with Crippen LogP contribution in [0.25, 0.3) is 0 Å². The molecule has 2 aromatic rings. The van der Waals surface area contributed by atoms with Crippen LogP contribution in [0.3, 0.4) is 0 Å². The largest absolute Gasteiger partial charge is 0.443 e. The van der Waals surface area contributed by atoms with Crippen molar-refractivity contribution in [1.82, 2.24) is 0 Å². The van der Waals surface area contributed by atoms with Gasteiger partial charge in [0.1, 0.15) is 6.10 Å². The first-order valence-corrected chi connectivity index (χ1v) is 10.3. The minimum Gasteiger partial charge on any atom is -0.443 e. The summed E-state index contributed by atoms with van der Waals surface area (Å²) in [5.41, 5.74) is -2.53. The van der Waals surface area contributed by atoms with Gasteiger partial charge in [0, 0.05) is 10.0 Å². The van der Waals surface area contributed by atoms with Gasteiger partial charge in [0.15, 0.2) is 5.41 Å². The number of rotatable bonds is 3. The van der Waals surface area contributed by atoms with Crippen molar-refractivity contribution in [3.63, 3.8) is 0 Å². The average molecular weight is 461 g/mol. The predicted molar refractivity (Wildman–Crippen MR) is 110 cm³/mol. The maximum absolute atomic E-state index is 10.4. The number of hydrogen-bond donors (Lipinski definition) is 1. The Balaban J connectivity index is 2.06. The molecule has 0 saturated carbocycles. The molecular formula is C23H17BrN4O2. The van der Waals surface area contributed by atoms with Gasteiger partial charge in [0.2, 0.25) is 17.1 Å². The summed E-state index contributed by atoms with van der Waals surface area (Å²) in [6, 6.07) is 22.5. The van der Waals surface area contributed by atoms with Crippen molar-refractivity contribution in [3.05, 3.63) is 70.2 Å². The monoisotopic (exact) mass is 460 g/mol. The molecule has 0 spiro atoms. The van der Waals surface area contributed by atoms with Gasteiger partial charge in [-0.2, -0.15) is 15.8 Å². The van der Waals surface area contributed by atoms with Crippen molar-refractivity contribution in [2.24, 2.45) is 16.7 Å². The number of benzene rings is 2. The third-order valence-electron chi connectivity index (χ3n) is 6.19. The third kappa shape index (κ3) is 2.27. The van der Waals surface area contributed by atoms with Gasteiger partial charge in [0.25, 0.3) is 0 Å². The lowest BCUT2D eigenvalue weighted by Crippen LogP contribution is -2.58. The zero-order valence-electron chi connectivity index (χ0n) is 16.1. The number of halogens is 1. The maximum Gasteiger partial charge on any atom is 0.244 e. The Morgan fingerprint density at radius 3 is 2.17 bits per heavy atom. The van der Waals surface area contributed by atoms with Crippen molar-refractivity contribution < 1.29 is 9.47 Å². The molecule has 2 heterocycles. The van der Waals surface area contributed by atoms with E-state index in [1.54, 1.807) is 24.3 Å². The van der Waals surface area contributed by atoms with Crippen molar-refractivity contribution in [3.8, 4) is 18.2 Å². The number of hydrogen-bond acceptors (Lipinski definition) is 6. The number of nitrogens with one attached hydrogen (secondary N) is 1. The van der Waals surface area contributed by atoms with Crippen LogP contribution in [0.2, 0.25) is 0 Å². The lowest BCUT2D eigenvalue weighted by Gasteiger charge is -2.49. The van der Waals surface area contributed by atoms with Crippen LogP contribution in [0.15, 0.2) is 59.1 Å². The first-order chi connectivity index (χ1) is 14.5. The van der Waals surface area contributed by atoms with Gasteiger partial charge >= 0.3 is 0 Å². The molecule has 4 unspecified atom stereocenters. The minimum atomic E-state index is -1.96. The Morgan fingerprint density at radius 1 is 1.00 bits per heavy atom. The van der Waals surface area contributed by atoms with Crippen LogP contribution in [0.5, 0.6) is 0 Å². The Kier molecular flexibility index (Phi) is 4.66. The number of nitrogens with zero attached hydrogens (tertiary/aromatic N) is 3. The van der Waals surface area contributed by atoms with Crippen LogP contribution in [0.4, 0.5) is 0 Å². The summed E-state index contributed by atoms with van der Waals surface area (Å²) < 4.78 is 13.3. The standard InChI is InChI=1S/C23H17BrN4O2/c1-2-18-22(14-27)20(28)30-23(18,16-6-4-3-5-7-16)29-19(21(22,12-25)13-26)15-8-10-17(24)11-9-15/h3-11,18-19,28H,2H2,1H3. The number of nitriles is 3. The van der Waals surface area contributed by atoms with E-state index >= 15 is 0 Å². The molecule has 0 radical (unpaired) electrons. The zero-order valence-corrected chi connectivity index (χ0v) is 17.7. The second-order valence-corrected chi connectivity index (χ2v) is 8.34. The molecule has 148 valence electrons. The van der Waals surface area contributed by atoms with Gasteiger partial charge in [-0.25, -0.2) is 0 Å². The number of ether oxygens (including phenoxy) is 2. The van der Waals surface area contributed by atoms with Crippen LogP contribution in [-0.4, -0.2) is 5.90 Å². The molecule has 7 heteroatoms. The Labute approximate surface area is 182 Å². The second kappa shape index (κ2) is 6.96. The molecule has 0 aliphatic carbocycles. The second-order valence-electron chi connectivity index (χ2n) is 7.43. The number of fused-ring (bicyclic) bond motifs is 2. The van der Waals surface area contributed by atoms with E-state index < -0.39 is 34.5 Å². The van der Waals surface area contributed by atoms with Gasteiger partial charge in [0.05, 0.1) is 24.1 Å². The molecule has 4 atom stereocenters. The maximum atomic E-state index is 10.4. The summed E-state index contributed by atoms with van der Waals surface area (Å²) in [4.78, 5) is 0. The third-order valence-corrected chi connectivity index (χ3v) is 6.72. The Morgan fingerprint density at radius 2 is 1.63 bits per heavy atom. The van der Waals surface area contributed by atoms with Crippen molar-refractivity contribution in [1.29, 1.82) is 21.2 Å². The van der Waals surface area contributed by atoms with Crippen LogP contribution >= 0.6 is 15.9 Å². The van der Waals surface area contributed by atoms with E-state index in [0.717, 1.165) is 4.47 Å². The van der Waals surface area contributed by atoms with Gasteiger partial charge < -0.3 is 9.47 Å². The molecule has 0 aromatic heterocycles. The molecule has 2 fully saturated rings. The fourth-order valence-corrected chi connectivity index (χ4v) is 5.11. The Hall–Kier alpha value is -3.18. The van der Waals surface area contributed by atoms with Crippen LogP contribution in [0, 0.1) is 56.2 Å². The molecule has 2 aromatic carbocycles. The zero-order chi connectivity index (χ0) is 21.6. The lowest BCUT2D eigenvalue weighted by molar-refractivity contribution is -0.292. The molecule has 6 nitrogen and oxygen atoms in total. The molecular weight excluding hydrogens is 444 g/mol. The van der Waals surface area contributed by atoms with E-state index in [9.17, 15) is 15.8 Å². The average Bonchev–Trinajstić information content (AvgIpc) is 2.99. The summed E-state index contributed by atoms with van der Waals surface area (Å²) in [5.74, 6) is -2.56. The lowest BCUT2D eigenvalue weighted by atomic mass is 9.52. The first-order valence-electron chi connectivity index (χ1n) is 9.46. The molecule has 2 bridgehead atoms. The normalized spacial score (nSPS) is 31.1. The predicted octanol–water partition coefficient (Wildman–Crippen LogP) is 4.95. The highest BCUT2D eigenvalue weighted by atomic mass is 79.9. The molecule has 2 aliphatic rings. The smallest absolute Gasteiger partial charge is 0.244 e. The molecule has 2 saturated heterocycles. The molecule has 30 heavy (non-hydrogen) atoms. The van der Waals surface area contributed by atoms with Gasteiger partial charge in [-0.3, -0.25) is 5.41 Å². The highest BCUT2D eigenvalue weighted by Gasteiger charge is 2.80. The molecule has 1 N–H and O–H groups in total. The van der Waals surface area contributed by atoms with Gasteiger partial charge in [-0.05, 0) is 24.1 Å². The van der Waals surface area contributed by atoms with E-state index in [-0.39, 0.29) is 0 Å². The van der Waals surface area contributed by atoms with Crippen molar-refractivity contribution >= 4 is 21.8 Å². The van der Waals surface area contributed by atoms with Crippen molar-refractivity contribution in [2.75, 3.05) is 0 Å². The molecule has 0 amide bonds. The fourth-order valence-electron chi connectivity index (χ4n) is 4.84. The summed E-state index contributed by atoms with van der Waals surface area (Å²) >= 11 is 3.39. The highest BCUT2D eigenvalue weighted by Crippen LogP contribution is 2.69. The summed E-state index contributed by atoms with van der Waals surface area (Å²) in [6.07, 6.45) is -0.714. The van der Waals surface area contributed by atoms with Gasteiger partial charge in [-0.1, -0.05) is 65.3 Å².